The smallest absolute Gasteiger partial charge is 0.335 e. The van der Waals surface area contributed by atoms with E-state index in [4.69, 9.17) is 5.11 Å². The second-order valence-corrected chi connectivity index (χ2v) is 2.84. The second-order valence-electron chi connectivity index (χ2n) is 2.84. The van der Waals surface area contributed by atoms with Gasteiger partial charge < -0.3 is 10.4 Å². The zero-order chi connectivity index (χ0) is 10.6. The van der Waals surface area contributed by atoms with Gasteiger partial charge in [0.15, 0.2) is 5.78 Å². The topological polar surface area (TPSA) is 66.4 Å². The Kier molecular flexibility index (Phi) is 3.36. The molecule has 0 spiro atoms. The van der Waals surface area contributed by atoms with Gasteiger partial charge in [0, 0.05) is 5.56 Å². The molecule has 14 heavy (non-hydrogen) atoms. The van der Waals surface area contributed by atoms with Crippen molar-refractivity contribution in [3.05, 3.63) is 35.4 Å². The van der Waals surface area contributed by atoms with Crippen LogP contribution < -0.4 is 5.32 Å². The molecule has 0 fully saturated rings. The van der Waals surface area contributed by atoms with Gasteiger partial charge in [-0.2, -0.15) is 0 Å². The Labute approximate surface area is 81.6 Å². The Morgan fingerprint density at radius 2 is 1.71 bits per heavy atom. The molecule has 0 aromatic heterocycles. The van der Waals surface area contributed by atoms with Gasteiger partial charge in [-0.15, -0.1) is 0 Å². The molecule has 0 aliphatic heterocycles. The summed E-state index contributed by atoms with van der Waals surface area (Å²) in [4.78, 5) is 21.8. The van der Waals surface area contributed by atoms with Crippen LogP contribution in [-0.4, -0.2) is 30.5 Å². The quantitative estimate of drug-likeness (QED) is 0.694. The predicted molar refractivity (Wildman–Crippen MR) is 51.7 cm³/mol. The summed E-state index contributed by atoms with van der Waals surface area (Å²) in [6, 6.07) is 5.88. The average molecular weight is 193 g/mol. The first kappa shape index (κ1) is 10.4. The third kappa shape index (κ3) is 2.40. The molecule has 0 radical (unpaired) electrons. The van der Waals surface area contributed by atoms with Crippen LogP contribution in [-0.2, 0) is 0 Å². The molecule has 0 unspecified atom stereocenters. The fraction of sp³-hybridized carbons (Fsp3) is 0.200. The van der Waals surface area contributed by atoms with E-state index in [1.54, 1.807) is 7.05 Å². The van der Waals surface area contributed by atoms with Gasteiger partial charge in [0.05, 0.1) is 12.1 Å². The van der Waals surface area contributed by atoms with Gasteiger partial charge in [0.1, 0.15) is 0 Å². The Balaban J connectivity index is 2.83. The summed E-state index contributed by atoms with van der Waals surface area (Å²) in [5.74, 6) is -1.04. The third-order valence-electron chi connectivity index (χ3n) is 1.79. The molecule has 1 aromatic carbocycles. The molecule has 1 rings (SSSR count). The van der Waals surface area contributed by atoms with Crippen LogP contribution in [0, 0.1) is 0 Å². The lowest BCUT2D eigenvalue weighted by Gasteiger charge is -2.00. The van der Waals surface area contributed by atoms with Crippen molar-refractivity contribution >= 4 is 11.8 Å². The van der Waals surface area contributed by atoms with Crippen LogP contribution in [0.4, 0.5) is 0 Å². The maximum Gasteiger partial charge on any atom is 0.335 e. The molecule has 0 bridgehead atoms. The molecule has 0 aliphatic carbocycles. The van der Waals surface area contributed by atoms with E-state index in [-0.39, 0.29) is 17.9 Å². The summed E-state index contributed by atoms with van der Waals surface area (Å²) in [6.45, 7) is 0.256. The molecule has 2 N–H and O–H groups in total. The highest BCUT2D eigenvalue weighted by molar-refractivity contribution is 5.98. The molecule has 0 amide bonds. The summed E-state index contributed by atoms with van der Waals surface area (Å²) in [5.41, 5.74) is 0.704. The van der Waals surface area contributed by atoms with E-state index in [0.717, 1.165) is 0 Å². The van der Waals surface area contributed by atoms with Crippen molar-refractivity contribution in [2.75, 3.05) is 13.6 Å². The van der Waals surface area contributed by atoms with Crippen molar-refractivity contribution in [3.8, 4) is 0 Å². The monoisotopic (exact) mass is 193 g/mol. The van der Waals surface area contributed by atoms with E-state index >= 15 is 0 Å². The minimum Gasteiger partial charge on any atom is -0.478 e. The van der Waals surface area contributed by atoms with Gasteiger partial charge in [0.25, 0.3) is 0 Å². The number of carbonyl (C=O) groups excluding carboxylic acids is 1. The number of Topliss-reactive ketones (excluding diaryl/α,β-unsaturated/α-hetero) is 1. The lowest BCUT2D eigenvalue weighted by molar-refractivity contribution is 0.0696. The molecular formula is C10H11NO3. The maximum atomic E-state index is 11.3. The molecular weight excluding hydrogens is 182 g/mol. The van der Waals surface area contributed by atoms with E-state index in [2.05, 4.69) is 5.32 Å². The molecule has 1 aromatic rings. The number of nitrogens with one attached hydrogen (secondary N) is 1. The van der Waals surface area contributed by atoms with Gasteiger partial charge in [-0.25, -0.2) is 4.79 Å². The minimum atomic E-state index is -0.988. The van der Waals surface area contributed by atoms with Gasteiger partial charge in [0.2, 0.25) is 0 Å². The average Bonchev–Trinajstić information content (AvgIpc) is 2.18. The van der Waals surface area contributed by atoms with Crippen LogP contribution in [0.5, 0.6) is 0 Å². The lowest BCUT2D eigenvalue weighted by atomic mass is 10.1. The maximum absolute atomic E-state index is 11.3. The highest BCUT2D eigenvalue weighted by Crippen LogP contribution is 2.04. The number of rotatable bonds is 4. The molecule has 74 valence electrons. The number of benzene rings is 1. The van der Waals surface area contributed by atoms with Crippen molar-refractivity contribution in [3.63, 3.8) is 0 Å². The number of aromatic carboxylic acids is 1. The summed E-state index contributed by atoms with van der Waals surface area (Å²) in [5, 5.41) is 11.4. The van der Waals surface area contributed by atoms with E-state index < -0.39 is 5.97 Å². The van der Waals surface area contributed by atoms with E-state index in [0.29, 0.717) is 5.56 Å². The largest absolute Gasteiger partial charge is 0.478 e. The normalized spacial score (nSPS) is 9.79. The Hall–Kier alpha value is -1.68. The summed E-state index contributed by atoms with van der Waals surface area (Å²) in [7, 11) is 1.68. The molecule has 4 nitrogen and oxygen atoms in total. The number of likely N-dealkylation sites (N-methyl/N-ethyl adjacent to an activating group) is 1. The second kappa shape index (κ2) is 4.53. The first-order valence-electron chi connectivity index (χ1n) is 4.16. The van der Waals surface area contributed by atoms with Gasteiger partial charge in [-0.05, 0) is 19.2 Å². The zero-order valence-electron chi connectivity index (χ0n) is 7.78. The van der Waals surface area contributed by atoms with Crippen LogP contribution in [0.15, 0.2) is 24.3 Å². The Bertz CT molecular complexity index is 343. The fourth-order valence-corrected chi connectivity index (χ4v) is 1.06. The van der Waals surface area contributed by atoms with Crippen molar-refractivity contribution in [1.29, 1.82) is 0 Å². The standard InChI is InChI=1S/C10H11NO3/c1-11-6-9(12)7-2-4-8(5-3-7)10(13)14/h2-5,11H,6H2,1H3,(H,13,14). The van der Waals surface area contributed by atoms with Crippen LogP contribution in [0.1, 0.15) is 20.7 Å². The SMILES string of the molecule is CNCC(=O)c1ccc(C(=O)O)cc1. The molecule has 0 saturated heterocycles. The third-order valence-corrected chi connectivity index (χ3v) is 1.79. The van der Waals surface area contributed by atoms with Crippen molar-refractivity contribution in [2.45, 2.75) is 0 Å². The van der Waals surface area contributed by atoms with E-state index in [1.165, 1.54) is 24.3 Å². The van der Waals surface area contributed by atoms with Crippen LogP contribution in [0.2, 0.25) is 0 Å². The Morgan fingerprint density at radius 3 is 2.14 bits per heavy atom. The van der Waals surface area contributed by atoms with Crippen LogP contribution in [0.3, 0.4) is 0 Å². The number of carboxylic acid groups (broad SMARTS) is 1. The predicted octanol–water partition coefficient (Wildman–Crippen LogP) is 0.787. The first-order valence-corrected chi connectivity index (χ1v) is 4.16. The number of carbonyl (C=O) groups is 2. The highest BCUT2D eigenvalue weighted by atomic mass is 16.4. The molecule has 0 saturated carbocycles. The van der Waals surface area contributed by atoms with Crippen molar-refractivity contribution in [2.24, 2.45) is 0 Å². The van der Waals surface area contributed by atoms with Crippen LogP contribution >= 0.6 is 0 Å². The summed E-state index contributed by atoms with van der Waals surface area (Å²) in [6.07, 6.45) is 0. The first-order chi connectivity index (χ1) is 6.65. The zero-order valence-corrected chi connectivity index (χ0v) is 7.78. The molecule has 0 heterocycles. The van der Waals surface area contributed by atoms with Crippen molar-refractivity contribution in [1.82, 2.24) is 5.32 Å². The fourth-order valence-electron chi connectivity index (χ4n) is 1.06. The number of hydrogen-bond acceptors (Lipinski definition) is 3. The van der Waals surface area contributed by atoms with Gasteiger partial charge in [-0.1, -0.05) is 12.1 Å². The van der Waals surface area contributed by atoms with Crippen molar-refractivity contribution < 1.29 is 14.7 Å². The number of hydrogen-bond donors (Lipinski definition) is 2. The minimum absolute atomic E-state index is 0.0514. The summed E-state index contributed by atoms with van der Waals surface area (Å²) < 4.78 is 0. The van der Waals surface area contributed by atoms with Gasteiger partial charge >= 0.3 is 5.97 Å². The Morgan fingerprint density at radius 1 is 1.21 bits per heavy atom. The number of carboxylic acids is 1. The van der Waals surface area contributed by atoms with Gasteiger partial charge in [-0.3, -0.25) is 4.79 Å². The summed E-state index contributed by atoms with van der Waals surface area (Å²) >= 11 is 0. The number of ketones is 1. The van der Waals surface area contributed by atoms with Crippen LogP contribution in [0.25, 0.3) is 0 Å². The van der Waals surface area contributed by atoms with E-state index in [1.807, 2.05) is 0 Å². The highest BCUT2D eigenvalue weighted by Gasteiger charge is 2.06. The molecule has 4 heteroatoms. The lowest BCUT2D eigenvalue weighted by Crippen LogP contribution is -2.18. The molecule has 0 aliphatic rings. The molecule has 0 atom stereocenters. The van der Waals surface area contributed by atoms with E-state index in [9.17, 15) is 9.59 Å².